The van der Waals surface area contributed by atoms with E-state index in [2.05, 4.69) is 13.2 Å². The van der Waals surface area contributed by atoms with E-state index < -0.39 is 46.9 Å². The molecule has 6 atom stereocenters. The van der Waals surface area contributed by atoms with Gasteiger partial charge in [-0.15, -0.1) is 6.58 Å². The highest BCUT2D eigenvalue weighted by molar-refractivity contribution is 5.90. The van der Waals surface area contributed by atoms with Crippen LogP contribution in [0.5, 0.6) is 11.6 Å². The SMILES string of the molecule is C=CCCC[C@@H]1C[C@H]1OC(=O)C[C@H](C(=O)N1C[C@H](Oc2nc3cc(OC)ccc3nc2C=C)[C@@H](Cc2ccccc2)[C@H]1C(=O)OC(C)(C)C)C(C)(C)C. The van der Waals surface area contributed by atoms with Crippen LogP contribution in [-0.2, 0) is 30.3 Å². The van der Waals surface area contributed by atoms with E-state index in [0.717, 1.165) is 31.2 Å². The highest BCUT2D eigenvalue weighted by Gasteiger charge is 2.53. The number of rotatable bonds is 15. The summed E-state index contributed by atoms with van der Waals surface area (Å²) in [6.45, 7) is 19.0. The number of fused-ring (bicyclic) bond motifs is 1. The number of likely N-dealkylation sites (tertiary alicyclic amines) is 1. The van der Waals surface area contributed by atoms with Crippen LogP contribution in [0.1, 0.15) is 84.9 Å². The van der Waals surface area contributed by atoms with Gasteiger partial charge in [0.15, 0.2) is 0 Å². The van der Waals surface area contributed by atoms with Gasteiger partial charge in [0.05, 0.1) is 37.0 Å². The van der Waals surface area contributed by atoms with Gasteiger partial charge < -0.3 is 23.8 Å². The van der Waals surface area contributed by atoms with Crippen molar-refractivity contribution in [2.75, 3.05) is 13.7 Å². The summed E-state index contributed by atoms with van der Waals surface area (Å²) in [7, 11) is 1.58. The van der Waals surface area contributed by atoms with Gasteiger partial charge in [-0.25, -0.2) is 14.8 Å². The maximum atomic E-state index is 14.9. The van der Waals surface area contributed by atoms with E-state index in [1.165, 1.54) is 0 Å². The molecule has 5 rings (SSSR count). The molecule has 1 amide bonds. The predicted molar refractivity (Wildman–Crippen MR) is 205 cm³/mol. The third-order valence-corrected chi connectivity index (χ3v) is 10.0. The number of carbonyl (C=O) groups excluding carboxylic acids is 3. The molecule has 0 N–H and O–H groups in total. The largest absolute Gasteiger partial charge is 0.497 e. The number of esters is 2. The minimum Gasteiger partial charge on any atom is -0.497 e. The molecule has 2 aromatic carbocycles. The third-order valence-electron chi connectivity index (χ3n) is 10.0. The van der Waals surface area contributed by atoms with E-state index >= 15 is 0 Å². The first-order chi connectivity index (χ1) is 25.1. The Kier molecular flexibility index (Phi) is 12.3. The average Bonchev–Trinajstić information content (AvgIpc) is 3.74. The Hall–Kier alpha value is -4.73. The molecule has 0 bridgehead atoms. The molecule has 53 heavy (non-hydrogen) atoms. The zero-order valence-corrected chi connectivity index (χ0v) is 32.3. The highest BCUT2D eigenvalue weighted by Crippen LogP contribution is 2.41. The van der Waals surface area contributed by atoms with Crippen molar-refractivity contribution in [2.45, 2.75) is 104 Å². The molecule has 1 saturated heterocycles. The normalized spacial score (nSPS) is 21.8. The quantitative estimate of drug-likeness (QED) is 0.0880. The summed E-state index contributed by atoms with van der Waals surface area (Å²) in [5.74, 6) is -1.40. The Balaban J connectivity index is 1.50. The van der Waals surface area contributed by atoms with Crippen molar-refractivity contribution in [3.05, 3.63) is 79.0 Å². The van der Waals surface area contributed by atoms with Crippen LogP contribution in [0.15, 0.2) is 67.8 Å². The topological polar surface area (TPSA) is 117 Å². The number of unbranched alkanes of at least 4 members (excludes halogenated alkanes) is 1. The van der Waals surface area contributed by atoms with E-state index in [0.29, 0.717) is 34.8 Å². The van der Waals surface area contributed by atoms with E-state index in [-0.39, 0.29) is 30.9 Å². The minimum atomic E-state index is -1.01. The van der Waals surface area contributed by atoms with Gasteiger partial charge in [0, 0.05) is 12.0 Å². The first kappa shape index (κ1) is 39.5. The average molecular weight is 726 g/mol. The molecule has 2 heterocycles. The van der Waals surface area contributed by atoms with Crippen molar-refractivity contribution >= 4 is 35.0 Å². The molecule has 0 unspecified atom stereocenters. The number of nitrogens with zero attached hydrogens (tertiary/aromatic N) is 3. The Morgan fingerprint density at radius 1 is 0.981 bits per heavy atom. The van der Waals surface area contributed by atoms with Gasteiger partial charge in [0.1, 0.15) is 35.3 Å². The fraction of sp³-hybridized carbons (Fsp3) is 0.512. The fourth-order valence-electron chi connectivity index (χ4n) is 7.08. The molecule has 1 saturated carbocycles. The standard InChI is InChI=1S/C43H55N3O7/c1-10-12-14-19-28-23-35(28)51-37(47)25-31(42(3,4)5)40(48)46-26-36(52-39-32(11-2)44-33-21-20-29(50-9)24-34(33)45-39)30(22-27-17-15-13-16-18-27)38(46)41(49)53-43(6,7)8/h10-11,13,15-18,20-21,24,28,30-31,35-36,38H,1-2,12,14,19,22-23,25-26H2,3-9H3/t28-,30-,31-,35-,36+,38+/m1/s1. The Bertz CT molecular complexity index is 1800. The van der Waals surface area contributed by atoms with Crippen LogP contribution in [-0.4, -0.2) is 70.2 Å². The van der Waals surface area contributed by atoms with Gasteiger partial charge in [-0.05, 0) is 88.0 Å². The van der Waals surface area contributed by atoms with Gasteiger partial charge in [-0.1, -0.05) is 63.8 Å². The molecule has 0 spiro atoms. The Morgan fingerprint density at radius 2 is 1.72 bits per heavy atom. The van der Waals surface area contributed by atoms with Crippen LogP contribution in [0.2, 0.25) is 0 Å². The number of allylic oxidation sites excluding steroid dienone is 1. The molecule has 10 nitrogen and oxygen atoms in total. The molecule has 0 radical (unpaired) electrons. The lowest BCUT2D eigenvalue weighted by Crippen LogP contribution is -2.50. The molecule has 2 fully saturated rings. The lowest BCUT2D eigenvalue weighted by atomic mass is 9.77. The molecule has 3 aromatic rings. The van der Waals surface area contributed by atoms with Crippen molar-refractivity contribution in [1.82, 2.24) is 14.9 Å². The monoisotopic (exact) mass is 725 g/mol. The van der Waals surface area contributed by atoms with Crippen LogP contribution in [0.3, 0.4) is 0 Å². The van der Waals surface area contributed by atoms with Crippen molar-refractivity contribution < 1.29 is 33.3 Å². The van der Waals surface area contributed by atoms with Gasteiger partial charge >= 0.3 is 11.9 Å². The molecular formula is C43H55N3O7. The van der Waals surface area contributed by atoms with E-state index in [4.69, 9.17) is 28.9 Å². The zero-order valence-electron chi connectivity index (χ0n) is 32.3. The molecule has 284 valence electrons. The maximum absolute atomic E-state index is 14.9. The van der Waals surface area contributed by atoms with Crippen LogP contribution in [0.4, 0.5) is 0 Å². The minimum absolute atomic E-state index is 0.0598. The predicted octanol–water partition coefficient (Wildman–Crippen LogP) is 7.78. The number of hydrogen-bond donors (Lipinski definition) is 0. The Morgan fingerprint density at radius 3 is 2.36 bits per heavy atom. The number of ether oxygens (including phenoxy) is 4. The van der Waals surface area contributed by atoms with Crippen LogP contribution in [0.25, 0.3) is 17.1 Å². The smallest absolute Gasteiger partial charge is 0.329 e. The highest BCUT2D eigenvalue weighted by atomic mass is 16.6. The van der Waals surface area contributed by atoms with E-state index in [1.807, 2.05) is 63.2 Å². The van der Waals surface area contributed by atoms with Crippen molar-refractivity contribution in [3.63, 3.8) is 0 Å². The number of amides is 1. The van der Waals surface area contributed by atoms with E-state index in [9.17, 15) is 14.4 Å². The number of benzene rings is 2. The van der Waals surface area contributed by atoms with Gasteiger partial charge in [0.25, 0.3) is 0 Å². The van der Waals surface area contributed by atoms with Gasteiger partial charge in [-0.2, -0.15) is 0 Å². The van der Waals surface area contributed by atoms with Crippen molar-refractivity contribution in [1.29, 1.82) is 0 Å². The van der Waals surface area contributed by atoms with Crippen molar-refractivity contribution in [2.24, 2.45) is 23.2 Å². The van der Waals surface area contributed by atoms with Gasteiger partial charge in [0.2, 0.25) is 11.8 Å². The fourth-order valence-corrected chi connectivity index (χ4v) is 7.08. The molecule has 1 aliphatic carbocycles. The molecular weight excluding hydrogens is 670 g/mol. The summed E-state index contributed by atoms with van der Waals surface area (Å²) in [6.07, 6.45) is 6.71. The van der Waals surface area contributed by atoms with Crippen LogP contribution >= 0.6 is 0 Å². The molecule has 2 aliphatic rings. The maximum Gasteiger partial charge on any atom is 0.329 e. The number of methoxy groups -OCH3 is 1. The number of aromatic nitrogens is 2. The zero-order chi connectivity index (χ0) is 38.5. The summed E-state index contributed by atoms with van der Waals surface area (Å²) in [5.41, 5.74) is 1.14. The summed E-state index contributed by atoms with van der Waals surface area (Å²) in [4.78, 5) is 53.7. The summed E-state index contributed by atoms with van der Waals surface area (Å²) >= 11 is 0. The summed E-state index contributed by atoms with van der Waals surface area (Å²) < 4.78 is 24.0. The number of hydrogen-bond acceptors (Lipinski definition) is 9. The van der Waals surface area contributed by atoms with Gasteiger partial charge in [-0.3, -0.25) is 9.59 Å². The molecule has 10 heteroatoms. The van der Waals surface area contributed by atoms with Crippen molar-refractivity contribution in [3.8, 4) is 11.6 Å². The van der Waals surface area contributed by atoms with E-state index in [1.54, 1.807) is 51.0 Å². The summed E-state index contributed by atoms with van der Waals surface area (Å²) in [5, 5.41) is 0. The number of carbonyl (C=O) groups is 3. The Labute approximate surface area is 314 Å². The molecule has 1 aliphatic heterocycles. The van der Waals surface area contributed by atoms with Crippen LogP contribution < -0.4 is 9.47 Å². The third kappa shape index (κ3) is 10.0. The lowest BCUT2D eigenvalue weighted by Gasteiger charge is -2.35. The summed E-state index contributed by atoms with van der Waals surface area (Å²) in [6, 6.07) is 14.2. The second kappa shape index (κ2) is 16.5. The second-order valence-corrected chi connectivity index (χ2v) is 16.3. The van der Waals surface area contributed by atoms with Crippen LogP contribution in [0, 0.1) is 23.2 Å². The lowest BCUT2D eigenvalue weighted by molar-refractivity contribution is -0.167. The molecule has 1 aromatic heterocycles. The first-order valence-corrected chi connectivity index (χ1v) is 18.6. The second-order valence-electron chi connectivity index (χ2n) is 16.3. The first-order valence-electron chi connectivity index (χ1n) is 18.6.